The molecule has 1 aromatic rings. The first-order valence-electron chi connectivity index (χ1n) is 9.92. The van der Waals surface area contributed by atoms with E-state index in [0.29, 0.717) is 49.5 Å². The molecule has 0 atom stereocenters. The number of thiazole rings is 1. The van der Waals surface area contributed by atoms with Crippen LogP contribution in [-0.2, 0) is 17.3 Å². The number of aromatic nitrogens is 1. The van der Waals surface area contributed by atoms with E-state index in [0.717, 1.165) is 29.6 Å². The molecule has 0 aromatic carbocycles. The molecule has 2 N–H and O–H groups in total. The number of alkyl halides is 3. The number of hydrogen-bond donors (Lipinski definition) is 2. The fourth-order valence-corrected chi connectivity index (χ4v) is 3.76. The van der Waals surface area contributed by atoms with Crippen molar-refractivity contribution in [2.75, 3.05) is 33.2 Å². The summed E-state index contributed by atoms with van der Waals surface area (Å²) < 4.78 is 43.2. The van der Waals surface area contributed by atoms with Crippen molar-refractivity contribution in [2.24, 2.45) is 10.9 Å². The van der Waals surface area contributed by atoms with Gasteiger partial charge in [-0.15, -0.1) is 11.3 Å². The average Bonchev–Trinajstić information content (AvgIpc) is 3.13. The summed E-state index contributed by atoms with van der Waals surface area (Å²) in [5, 5.41) is 7.81. The van der Waals surface area contributed by atoms with Crippen molar-refractivity contribution in [2.45, 2.75) is 51.8 Å². The summed E-state index contributed by atoms with van der Waals surface area (Å²) in [6.45, 7) is 7.99. The number of guanidine groups is 1. The highest BCUT2D eigenvalue weighted by Crippen LogP contribution is 2.30. The Morgan fingerprint density at radius 2 is 1.97 bits per heavy atom. The van der Waals surface area contributed by atoms with Crippen LogP contribution in [0.4, 0.5) is 18.0 Å². The normalized spacial score (nSPS) is 16.5. The molecule has 1 aliphatic rings. The van der Waals surface area contributed by atoms with Crippen LogP contribution in [0.5, 0.6) is 0 Å². The highest BCUT2D eigenvalue weighted by atomic mass is 32.1. The van der Waals surface area contributed by atoms with E-state index in [1.54, 1.807) is 11.9 Å². The Bertz CT molecular complexity index is 722. The number of aliphatic imine (C=N–C) groups is 1. The van der Waals surface area contributed by atoms with E-state index in [9.17, 15) is 18.0 Å². The molecule has 7 nitrogen and oxygen atoms in total. The number of rotatable bonds is 5. The van der Waals surface area contributed by atoms with Gasteiger partial charge in [0.15, 0.2) is 11.7 Å². The molecule has 0 radical (unpaired) electrons. The summed E-state index contributed by atoms with van der Waals surface area (Å²) in [5.74, 6) is 0.993. The number of amides is 1. The summed E-state index contributed by atoms with van der Waals surface area (Å²) in [7, 11) is 1.64. The van der Waals surface area contributed by atoms with Crippen LogP contribution in [0.1, 0.15) is 44.3 Å². The second-order valence-corrected chi connectivity index (χ2v) is 9.11. The van der Waals surface area contributed by atoms with Crippen LogP contribution in [0, 0.1) is 5.92 Å². The molecule has 0 saturated carbocycles. The summed E-state index contributed by atoms with van der Waals surface area (Å²) in [4.78, 5) is 21.6. The second-order valence-electron chi connectivity index (χ2n) is 8.16. The minimum atomic E-state index is -4.40. The van der Waals surface area contributed by atoms with Gasteiger partial charge in [0.05, 0.1) is 5.01 Å². The minimum Gasteiger partial charge on any atom is -0.444 e. The van der Waals surface area contributed by atoms with E-state index in [1.807, 2.05) is 20.8 Å². The van der Waals surface area contributed by atoms with Gasteiger partial charge in [-0.2, -0.15) is 13.2 Å². The van der Waals surface area contributed by atoms with Crippen LogP contribution in [-0.4, -0.2) is 60.8 Å². The van der Waals surface area contributed by atoms with E-state index < -0.39 is 17.5 Å². The van der Waals surface area contributed by atoms with E-state index in [4.69, 9.17) is 4.74 Å². The largest absolute Gasteiger partial charge is 0.444 e. The summed E-state index contributed by atoms with van der Waals surface area (Å²) in [5.41, 5.74) is -1.34. The Kier molecular flexibility index (Phi) is 8.34. The molecular weight excluding hydrogens is 419 g/mol. The minimum absolute atomic E-state index is 0.276. The molecule has 0 spiro atoms. The molecular formula is C19H30F3N5O2S. The Morgan fingerprint density at radius 1 is 1.30 bits per heavy atom. The lowest BCUT2D eigenvalue weighted by atomic mass is 9.97. The predicted molar refractivity (Wildman–Crippen MR) is 111 cm³/mol. The van der Waals surface area contributed by atoms with Crippen molar-refractivity contribution in [1.82, 2.24) is 20.5 Å². The Hall–Kier alpha value is -2.04. The first kappa shape index (κ1) is 24.2. The number of halogens is 3. The SMILES string of the molecule is CN=C(NCCc1nc(C(F)(F)F)cs1)NCC1CCN(C(=O)OC(C)(C)C)CC1. The molecule has 2 heterocycles. The molecule has 2 rings (SSSR count). The van der Waals surface area contributed by atoms with Crippen LogP contribution in [0.2, 0.25) is 0 Å². The van der Waals surface area contributed by atoms with Gasteiger partial charge < -0.3 is 20.3 Å². The number of hydrogen-bond acceptors (Lipinski definition) is 5. The third-order valence-corrected chi connectivity index (χ3v) is 5.43. The quantitative estimate of drug-likeness (QED) is 0.531. The molecule has 30 heavy (non-hydrogen) atoms. The van der Waals surface area contributed by atoms with E-state index >= 15 is 0 Å². The zero-order chi connectivity index (χ0) is 22.4. The summed E-state index contributed by atoms with van der Waals surface area (Å²) in [6, 6.07) is 0. The highest BCUT2D eigenvalue weighted by molar-refractivity contribution is 7.09. The number of ether oxygens (including phenoxy) is 1. The molecule has 0 bridgehead atoms. The molecule has 0 aliphatic carbocycles. The topological polar surface area (TPSA) is 78.9 Å². The predicted octanol–water partition coefficient (Wildman–Crippen LogP) is 3.52. The first-order chi connectivity index (χ1) is 14.0. The van der Waals surface area contributed by atoms with E-state index in [2.05, 4.69) is 20.6 Å². The van der Waals surface area contributed by atoms with Crippen molar-refractivity contribution >= 4 is 23.4 Å². The molecule has 1 fully saturated rings. The maximum atomic E-state index is 12.6. The molecule has 1 aromatic heterocycles. The van der Waals surface area contributed by atoms with Crippen molar-refractivity contribution in [3.63, 3.8) is 0 Å². The van der Waals surface area contributed by atoms with Crippen LogP contribution in [0.25, 0.3) is 0 Å². The molecule has 0 unspecified atom stereocenters. The van der Waals surface area contributed by atoms with Crippen molar-refractivity contribution in [3.05, 3.63) is 16.1 Å². The van der Waals surface area contributed by atoms with Gasteiger partial charge in [-0.1, -0.05) is 0 Å². The highest BCUT2D eigenvalue weighted by Gasteiger charge is 2.33. The molecule has 11 heteroatoms. The van der Waals surface area contributed by atoms with Crippen LogP contribution in [0.3, 0.4) is 0 Å². The van der Waals surface area contributed by atoms with E-state index in [1.165, 1.54) is 0 Å². The van der Waals surface area contributed by atoms with Gasteiger partial charge in [-0.05, 0) is 39.5 Å². The van der Waals surface area contributed by atoms with Gasteiger partial charge in [0.2, 0.25) is 0 Å². The Morgan fingerprint density at radius 3 is 2.50 bits per heavy atom. The fraction of sp³-hybridized carbons (Fsp3) is 0.737. The van der Waals surface area contributed by atoms with Gasteiger partial charge in [-0.25, -0.2) is 9.78 Å². The smallest absolute Gasteiger partial charge is 0.434 e. The van der Waals surface area contributed by atoms with Crippen molar-refractivity contribution in [3.8, 4) is 0 Å². The average molecular weight is 450 g/mol. The van der Waals surface area contributed by atoms with Crippen molar-refractivity contribution in [1.29, 1.82) is 0 Å². The zero-order valence-corrected chi connectivity index (χ0v) is 18.6. The third kappa shape index (κ3) is 8.00. The van der Waals surface area contributed by atoms with Gasteiger partial charge in [0, 0.05) is 45.0 Å². The second kappa shape index (κ2) is 10.3. The fourth-order valence-electron chi connectivity index (χ4n) is 2.95. The van der Waals surface area contributed by atoms with Crippen molar-refractivity contribution < 1.29 is 22.7 Å². The number of nitrogens with one attached hydrogen (secondary N) is 2. The Balaban J connectivity index is 1.67. The number of carbonyl (C=O) groups is 1. The molecule has 170 valence electrons. The maximum absolute atomic E-state index is 12.6. The van der Waals surface area contributed by atoms with Crippen LogP contribution < -0.4 is 10.6 Å². The van der Waals surface area contributed by atoms with E-state index in [-0.39, 0.29) is 6.09 Å². The maximum Gasteiger partial charge on any atom is 0.434 e. The first-order valence-corrected chi connectivity index (χ1v) is 10.8. The lowest BCUT2D eigenvalue weighted by molar-refractivity contribution is -0.140. The lowest BCUT2D eigenvalue weighted by Crippen LogP contribution is -2.45. The molecule has 1 amide bonds. The molecule has 1 aliphatic heterocycles. The summed E-state index contributed by atoms with van der Waals surface area (Å²) >= 11 is 1.00. The van der Waals surface area contributed by atoms with Gasteiger partial charge in [-0.3, -0.25) is 4.99 Å². The van der Waals surface area contributed by atoms with Crippen LogP contribution in [0.15, 0.2) is 10.4 Å². The third-order valence-electron chi connectivity index (χ3n) is 4.52. The molecule has 1 saturated heterocycles. The lowest BCUT2D eigenvalue weighted by Gasteiger charge is -2.33. The zero-order valence-electron chi connectivity index (χ0n) is 17.8. The van der Waals surface area contributed by atoms with Gasteiger partial charge in [0.1, 0.15) is 5.60 Å². The number of piperidine rings is 1. The Labute approximate surface area is 179 Å². The standard InChI is InChI=1S/C19H30F3N5O2S/c1-18(2,3)29-17(28)27-9-6-13(7-10-27)11-25-16(23-4)24-8-5-15-26-14(12-30-15)19(20,21)22/h12-13H,5-11H2,1-4H3,(H2,23,24,25). The number of carbonyl (C=O) groups excluding carboxylic acids is 1. The van der Waals surface area contributed by atoms with Gasteiger partial charge in [0.25, 0.3) is 0 Å². The van der Waals surface area contributed by atoms with Crippen LogP contribution >= 0.6 is 11.3 Å². The van der Waals surface area contributed by atoms with Gasteiger partial charge >= 0.3 is 12.3 Å². The number of likely N-dealkylation sites (tertiary alicyclic amines) is 1. The summed E-state index contributed by atoms with van der Waals surface area (Å²) in [6.07, 6.45) is -2.57. The monoisotopic (exact) mass is 449 g/mol. The number of nitrogens with zero attached hydrogens (tertiary/aromatic N) is 3.